The summed E-state index contributed by atoms with van der Waals surface area (Å²) < 4.78 is 0. The lowest BCUT2D eigenvalue weighted by Crippen LogP contribution is -1.95. The molecule has 0 radical (unpaired) electrons. The molecule has 0 fully saturated rings. The minimum absolute atomic E-state index is 0.749. The fourth-order valence-electron chi connectivity index (χ4n) is 3.32. The van der Waals surface area contributed by atoms with E-state index in [9.17, 15) is 0 Å². The highest BCUT2D eigenvalue weighted by molar-refractivity contribution is 7.99. The first-order chi connectivity index (χ1) is 14.4. The minimum Gasteiger partial charge on any atom is -0.228 e. The van der Waals surface area contributed by atoms with Crippen molar-refractivity contribution in [2.75, 3.05) is 0 Å². The molecule has 29 heavy (non-hydrogen) atoms. The van der Waals surface area contributed by atoms with Gasteiger partial charge in [-0.2, -0.15) is 0 Å². The Morgan fingerprint density at radius 1 is 0.483 bits per heavy atom. The van der Waals surface area contributed by atoms with Crippen LogP contribution in [0.25, 0.3) is 33.5 Å². The molecule has 5 aromatic rings. The van der Waals surface area contributed by atoms with E-state index in [4.69, 9.17) is 9.97 Å². The first-order valence-corrected chi connectivity index (χ1v) is 10.3. The predicted molar refractivity (Wildman–Crippen MR) is 121 cm³/mol. The minimum atomic E-state index is 0.749. The Morgan fingerprint density at radius 3 is 1.86 bits per heavy atom. The number of hydrogen-bond acceptors (Lipinski definition) is 3. The summed E-state index contributed by atoms with van der Waals surface area (Å²) in [7, 11) is 0. The first kappa shape index (κ1) is 17.7. The molecule has 0 amide bonds. The molecule has 138 valence electrons. The van der Waals surface area contributed by atoms with Gasteiger partial charge in [0.05, 0.1) is 11.2 Å². The van der Waals surface area contributed by atoms with Gasteiger partial charge >= 0.3 is 0 Å². The van der Waals surface area contributed by atoms with E-state index in [-0.39, 0.29) is 0 Å². The van der Waals surface area contributed by atoms with Crippen LogP contribution in [0.15, 0.2) is 119 Å². The highest BCUT2D eigenvalue weighted by Crippen LogP contribution is 2.31. The summed E-state index contributed by atoms with van der Waals surface area (Å²) in [6.07, 6.45) is 0. The summed E-state index contributed by atoms with van der Waals surface area (Å²) >= 11 is 1.75. The fraction of sp³-hybridized carbons (Fsp3) is 0. The maximum Gasteiger partial charge on any atom is 0.160 e. The zero-order chi connectivity index (χ0) is 19.5. The van der Waals surface area contributed by atoms with Gasteiger partial charge in [0.25, 0.3) is 0 Å². The van der Waals surface area contributed by atoms with Crippen LogP contribution in [0.5, 0.6) is 0 Å². The first-order valence-electron chi connectivity index (χ1n) is 9.52. The zero-order valence-electron chi connectivity index (χ0n) is 15.7. The van der Waals surface area contributed by atoms with Gasteiger partial charge in [-0.05, 0) is 30.3 Å². The van der Waals surface area contributed by atoms with Crippen LogP contribution in [0.2, 0.25) is 0 Å². The van der Waals surface area contributed by atoms with Crippen molar-refractivity contribution < 1.29 is 0 Å². The second-order valence-corrected chi connectivity index (χ2v) is 7.87. The molecule has 0 aliphatic rings. The van der Waals surface area contributed by atoms with E-state index in [1.807, 2.05) is 42.5 Å². The van der Waals surface area contributed by atoms with Crippen LogP contribution in [0, 0.1) is 0 Å². The third-order valence-electron chi connectivity index (χ3n) is 4.74. The number of rotatable bonds is 4. The second kappa shape index (κ2) is 7.90. The summed E-state index contributed by atoms with van der Waals surface area (Å²) in [5, 5.41) is 1.07. The van der Waals surface area contributed by atoms with Gasteiger partial charge in [0.2, 0.25) is 0 Å². The third kappa shape index (κ3) is 3.78. The van der Waals surface area contributed by atoms with Crippen LogP contribution < -0.4 is 0 Å². The number of aromatic nitrogens is 2. The number of fused-ring (bicyclic) bond motifs is 1. The van der Waals surface area contributed by atoms with Crippen molar-refractivity contribution in [2.45, 2.75) is 9.79 Å². The second-order valence-electron chi connectivity index (χ2n) is 6.72. The van der Waals surface area contributed by atoms with Crippen LogP contribution >= 0.6 is 11.8 Å². The van der Waals surface area contributed by atoms with Gasteiger partial charge in [-0.1, -0.05) is 90.6 Å². The molecule has 0 N–H and O–H groups in total. The Bertz CT molecular complexity index is 1250. The molecule has 0 bridgehead atoms. The zero-order valence-corrected chi connectivity index (χ0v) is 16.5. The average molecular weight is 391 g/mol. The van der Waals surface area contributed by atoms with Crippen LogP contribution in [-0.2, 0) is 0 Å². The average Bonchev–Trinajstić information content (AvgIpc) is 2.80. The fourth-order valence-corrected chi connectivity index (χ4v) is 4.16. The predicted octanol–water partition coefficient (Wildman–Crippen LogP) is 7.12. The maximum absolute atomic E-state index is 4.94. The number of hydrogen-bond donors (Lipinski definition) is 0. The van der Waals surface area contributed by atoms with Crippen LogP contribution in [0.4, 0.5) is 0 Å². The molecule has 0 aliphatic carbocycles. The molecule has 1 aromatic heterocycles. The quantitative estimate of drug-likeness (QED) is 0.327. The van der Waals surface area contributed by atoms with E-state index in [1.165, 1.54) is 9.79 Å². The Hall–Kier alpha value is -3.43. The van der Waals surface area contributed by atoms with E-state index in [0.717, 1.165) is 33.5 Å². The summed E-state index contributed by atoms with van der Waals surface area (Å²) in [5.74, 6) is 0.749. The smallest absolute Gasteiger partial charge is 0.160 e. The monoisotopic (exact) mass is 390 g/mol. The topological polar surface area (TPSA) is 25.8 Å². The normalized spacial score (nSPS) is 10.9. The molecule has 0 unspecified atom stereocenters. The Morgan fingerprint density at radius 2 is 1.10 bits per heavy atom. The highest BCUT2D eigenvalue weighted by atomic mass is 32.2. The van der Waals surface area contributed by atoms with Gasteiger partial charge in [-0.25, -0.2) is 9.97 Å². The standard InChI is InChI=1S/C26H18N2S/c1-3-9-19(10-4-1)25-23-13-7-8-14-24(23)27-26(28-25)20-15-17-22(18-16-20)29-21-11-5-2-6-12-21/h1-18H. The van der Waals surface area contributed by atoms with Crippen LogP contribution in [0.3, 0.4) is 0 Å². The van der Waals surface area contributed by atoms with E-state index in [2.05, 4.69) is 66.7 Å². The van der Waals surface area contributed by atoms with Gasteiger partial charge in [0.1, 0.15) is 0 Å². The van der Waals surface area contributed by atoms with Crippen molar-refractivity contribution in [3.63, 3.8) is 0 Å². The Kier molecular flexibility index (Phi) is 4.81. The third-order valence-corrected chi connectivity index (χ3v) is 5.76. The molecule has 0 aliphatic heterocycles. The lowest BCUT2D eigenvalue weighted by Gasteiger charge is -2.10. The van der Waals surface area contributed by atoms with Crippen molar-refractivity contribution in [3.05, 3.63) is 109 Å². The molecular formula is C26H18N2S. The van der Waals surface area contributed by atoms with Gasteiger partial charge in [-0.15, -0.1) is 0 Å². The molecule has 0 atom stereocenters. The lowest BCUT2D eigenvalue weighted by atomic mass is 10.1. The van der Waals surface area contributed by atoms with E-state index < -0.39 is 0 Å². The molecular weight excluding hydrogens is 372 g/mol. The van der Waals surface area contributed by atoms with Crippen LogP contribution in [-0.4, -0.2) is 9.97 Å². The van der Waals surface area contributed by atoms with Gasteiger partial charge < -0.3 is 0 Å². The summed E-state index contributed by atoms with van der Waals surface area (Å²) in [5.41, 5.74) is 4.04. The molecule has 5 rings (SSSR count). The molecule has 0 saturated heterocycles. The largest absolute Gasteiger partial charge is 0.228 e. The Labute approximate surface area is 174 Å². The van der Waals surface area contributed by atoms with E-state index in [0.29, 0.717) is 0 Å². The maximum atomic E-state index is 4.94. The van der Waals surface area contributed by atoms with Crippen molar-refractivity contribution in [1.82, 2.24) is 9.97 Å². The molecule has 0 spiro atoms. The molecule has 4 aromatic carbocycles. The summed E-state index contributed by atoms with van der Waals surface area (Å²) in [6, 6.07) is 37.4. The lowest BCUT2D eigenvalue weighted by molar-refractivity contribution is 1.22. The van der Waals surface area contributed by atoms with E-state index >= 15 is 0 Å². The Balaban J connectivity index is 1.55. The molecule has 3 heteroatoms. The highest BCUT2D eigenvalue weighted by Gasteiger charge is 2.11. The number of nitrogens with zero attached hydrogens (tertiary/aromatic N) is 2. The van der Waals surface area contributed by atoms with E-state index in [1.54, 1.807) is 11.8 Å². The molecule has 0 saturated carbocycles. The van der Waals surface area contributed by atoms with Crippen molar-refractivity contribution in [1.29, 1.82) is 0 Å². The number of para-hydroxylation sites is 1. The van der Waals surface area contributed by atoms with Crippen LogP contribution in [0.1, 0.15) is 0 Å². The molecule has 2 nitrogen and oxygen atoms in total. The van der Waals surface area contributed by atoms with Gasteiger partial charge in [0.15, 0.2) is 5.82 Å². The van der Waals surface area contributed by atoms with Crippen molar-refractivity contribution in [3.8, 4) is 22.6 Å². The van der Waals surface area contributed by atoms with Gasteiger partial charge in [0, 0.05) is 26.3 Å². The molecule has 1 heterocycles. The SMILES string of the molecule is c1ccc(Sc2ccc(-c3nc(-c4ccccc4)c4ccccc4n3)cc2)cc1. The summed E-state index contributed by atoms with van der Waals surface area (Å²) in [4.78, 5) is 12.2. The van der Waals surface area contributed by atoms with Crippen molar-refractivity contribution in [2.24, 2.45) is 0 Å². The summed E-state index contributed by atoms with van der Waals surface area (Å²) in [6.45, 7) is 0. The van der Waals surface area contributed by atoms with Crippen molar-refractivity contribution >= 4 is 22.7 Å². The van der Waals surface area contributed by atoms with Gasteiger partial charge in [-0.3, -0.25) is 0 Å². The number of benzene rings is 4.